The van der Waals surface area contributed by atoms with Crippen molar-refractivity contribution in [3.63, 3.8) is 0 Å². The molecule has 8 heteroatoms. The summed E-state index contributed by atoms with van der Waals surface area (Å²) in [5, 5.41) is 4.71. The number of hydrogen-bond acceptors (Lipinski definition) is 3. The van der Waals surface area contributed by atoms with Crippen molar-refractivity contribution >= 4 is 28.9 Å². The van der Waals surface area contributed by atoms with Gasteiger partial charge in [-0.05, 0) is 62.4 Å². The van der Waals surface area contributed by atoms with Gasteiger partial charge in [0, 0.05) is 30.2 Å². The molecule has 2 aromatic carbocycles. The van der Waals surface area contributed by atoms with E-state index >= 15 is 0 Å². The molecule has 0 saturated carbocycles. The van der Waals surface area contributed by atoms with E-state index in [1.54, 1.807) is 12.1 Å². The molecule has 0 spiro atoms. The van der Waals surface area contributed by atoms with Gasteiger partial charge in [-0.2, -0.15) is 13.2 Å². The summed E-state index contributed by atoms with van der Waals surface area (Å²) in [5.74, 6) is -1.88. The summed E-state index contributed by atoms with van der Waals surface area (Å²) in [5.41, 5.74) is 0.698. The first-order valence-electron chi connectivity index (χ1n) is 8.39. The number of amides is 2. The number of benzene rings is 2. The largest absolute Gasteiger partial charge is 0.416 e. The van der Waals surface area contributed by atoms with Crippen LogP contribution in [0.2, 0.25) is 0 Å². The molecule has 2 N–H and O–H groups in total. The SMILES string of the molecule is CCN(CC)c1ccc(NC(=O)C(=O)Nc2ccc(C(F)(F)F)cc2)cc1. The number of anilines is 3. The van der Waals surface area contributed by atoms with Crippen molar-refractivity contribution in [2.75, 3.05) is 28.6 Å². The van der Waals surface area contributed by atoms with Crippen LogP contribution in [0.1, 0.15) is 19.4 Å². The van der Waals surface area contributed by atoms with Gasteiger partial charge in [-0.15, -0.1) is 0 Å². The van der Waals surface area contributed by atoms with Gasteiger partial charge >= 0.3 is 18.0 Å². The Hall–Kier alpha value is -3.03. The van der Waals surface area contributed by atoms with E-state index in [4.69, 9.17) is 0 Å². The second-order valence-electron chi connectivity index (χ2n) is 5.70. The first kappa shape index (κ1) is 20.3. The minimum absolute atomic E-state index is 0.0973. The number of carbonyl (C=O) groups is 2. The summed E-state index contributed by atoms with van der Waals surface area (Å²) in [6, 6.07) is 10.9. The van der Waals surface area contributed by atoms with Crippen LogP contribution in [-0.2, 0) is 15.8 Å². The van der Waals surface area contributed by atoms with Gasteiger partial charge in [-0.1, -0.05) is 0 Å². The highest BCUT2D eigenvalue weighted by atomic mass is 19.4. The second-order valence-corrected chi connectivity index (χ2v) is 5.70. The number of hydrogen-bond donors (Lipinski definition) is 2. The number of alkyl halides is 3. The molecule has 0 aliphatic rings. The summed E-state index contributed by atoms with van der Waals surface area (Å²) < 4.78 is 37.6. The highest BCUT2D eigenvalue weighted by Gasteiger charge is 2.30. The molecule has 0 radical (unpaired) electrons. The van der Waals surface area contributed by atoms with Crippen molar-refractivity contribution in [1.29, 1.82) is 0 Å². The lowest BCUT2D eigenvalue weighted by molar-refractivity contribution is -0.137. The van der Waals surface area contributed by atoms with Gasteiger partial charge in [0.2, 0.25) is 0 Å². The van der Waals surface area contributed by atoms with E-state index in [1.807, 2.05) is 26.0 Å². The molecule has 2 aromatic rings. The Morgan fingerprint density at radius 3 is 1.59 bits per heavy atom. The fourth-order valence-electron chi connectivity index (χ4n) is 2.46. The van der Waals surface area contributed by atoms with Crippen LogP contribution in [0.3, 0.4) is 0 Å². The molecule has 5 nitrogen and oxygen atoms in total. The lowest BCUT2D eigenvalue weighted by Gasteiger charge is -2.21. The summed E-state index contributed by atoms with van der Waals surface area (Å²) in [4.78, 5) is 26.0. The third-order valence-electron chi connectivity index (χ3n) is 3.93. The van der Waals surface area contributed by atoms with Crippen molar-refractivity contribution < 1.29 is 22.8 Å². The monoisotopic (exact) mass is 379 g/mol. The van der Waals surface area contributed by atoms with Gasteiger partial charge in [0.1, 0.15) is 0 Å². The van der Waals surface area contributed by atoms with Crippen LogP contribution in [-0.4, -0.2) is 24.9 Å². The Labute approximate surface area is 155 Å². The Balaban J connectivity index is 1.96. The van der Waals surface area contributed by atoms with E-state index in [2.05, 4.69) is 15.5 Å². The zero-order valence-corrected chi connectivity index (χ0v) is 14.9. The Kier molecular flexibility index (Phi) is 6.44. The molecule has 0 aliphatic carbocycles. The highest BCUT2D eigenvalue weighted by molar-refractivity contribution is 6.43. The number of nitrogens with zero attached hydrogens (tertiary/aromatic N) is 1. The normalized spacial score (nSPS) is 11.0. The molecular formula is C19H20F3N3O2. The number of carbonyl (C=O) groups excluding carboxylic acids is 2. The first-order chi connectivity index (χ1) is 12.7. The molecule has 0 atom stereocenters. The van der Waals surface area contributed by atoms with Crippen molar-refractivity contribution in [2.45, 2.75) is 20.0 Å². The molecule has 0 aromatic heterocycles. The van der Waals surface area contributed by atoms with E-state index in [1.165, 1.54) is 0 Å². The van der Waals surface area contributed by atoms with Crippen LogP contribution in [0.15, 0.2) is 48.5 Å². The molecule has 2 amide bonds. The molecule has 0 bridgehead atoms. The minimum atomic E-state index is -4.46. The van der Waals surface area contributed by atoms with E-state index in [-0.39, 0.29) is 5.69 Å². The summed E-state index contributed by atoms with van der Waals surface area (Å²) >= 11 is 0. The van der Waals surface area contributed by atoms with E-state index in [9.17, 15) is 22.8 Å². The third kappa shape index (κ3) is 5.47. The van der Waals surface area contributed by atoms with Crippen LogP contribution in [0.5, 0.6) is 0 Å². The van der Waals surface area contributed by atoms with E-state index in [0.29, 0.717) is 5.69 Å². The Bertz CT molecular complexity index is 783. The molecule has 144 valence electrons. The summed E-state index contributed by atoms with van der Waals surface area (Å²) in [6.45, 7) is 5.75. The van der Waals surface area contributed by atoms with Crippen LogP contribution in [0, 0.1) is 0 Å². The number of nitrogens with one attached hydrogen (secondary N) is 2. The quantitative estimate of drug-likeness (QED) is 0.768. The average molecular weight is 379 g/mol. The molecule has 0 aliphatic heterocycles. The van der Waals surface area contributed by atoms with E-state index in [0.717, 1.165) is 43.0 Å². The fraction of sp³-hybridized carbons (Fsp3) is 0.263. The Morgan fingerprint density at radius 2 is 1.22 bits per heavy atom. The van der Waals surface area contributed by atoms with Crippen LogP contribution >= 0.6 is 0 Å². The minimum Gasteiger partial charge on any atom is -0.372 e. The molecule has 0 saturated heterocycles. The molecule has 27 heavy (non-hydrogen) atoms. The number of rotatable bonds is 5. The zero-order chi connectivity index (χ0) is 20.0. The van der Waals surface area contributed by atoms with Gasteiger partial charge in [-0.3, -0.25) is 9.59 Å². The first-order valence-corrected chi connectivity index (χ1v) is 8.39. The summed E-state index contributed by atoms with van der Waals surface area (Å²) in [6.07, 6.45) is -4.46. The Morgan fingerprint density at radius 1 is 0.815 bits per heavy atom. The average Bonchev–Trinajstić information content (AvgIpc) is 2.63. The molecule has 2 rings (SSSR count). The van der Waals surface area contributed by atoms with Gasteiger partial charge in [0.15, 0.2) is 0 Å². The summed E-state index contributed by atoms with van der Waals surface area (Å²) in [7, 11) is 0. The highest BCUT2D eigenvalue weighted by Crippen LogP contribution is 2.29. The van der Waals surface area contributed by atoms with Crippen LogP contribution < -0.4 is 15.5 Å². The lowest BCUT2D eigenvalue weighted by Crippen LogP contribution is -2.29. The topological polar surface area (TPSA) is 61.4 Å². The maximum atomic E-state index is 12.5. The van der Waals surface area contributed by atoms with Gasteiger partial charge in [0.25, 0.3) is 0 Å². The third-order valence-corrected chi connectivity index (χ3v) is 3.93. The molecule has 0 heterocycles. The smallest absolute Gasteiger partial charge is 0.372 e. The maximum Gasteiger partial charge on any atom is 0.416 e. The number of halogens is 3. The molecular weight excluding hydrogens is 359 g/mol. The zero-order valence-electron chi connectivity index (χ0n) is 14.9. The molecule has 0 fully saturated rings. The van der Waals surface area contributed by atoms with Gasteiger partial charge in [-0.25, -0.2) is 0 Å². The maximum absolute atomic E-state index is 12.5. The second kappa shape index (κ2) is 8.57. The van der Waals surface area contributed by atoms with Crippen molar-refractivity contribution in [3.05, 3.63) is 54.1 Å². The van der Waals surface area contributed by atoms with Gasteiger partial charge < -0.3 is 15.5 Å². The van der Waals surface area contributed by atoms with E-state index < -0.39 is 23.6 Å². The van der Waals surface area contributed by atoms with Crippen molar-refractivity contribution in [2.24, 2.45) is 0 Å². The van der Waals surface area contributed by atoms with Crippen LogP contribution in [0.4, 0.5) is 30.2 Å². The standard InChI is InChI=1S/C19H20F3N3O2/c1-3-25(4-2)16-11-9-15(10-12-16)24-18(27)17(26)23-14-7-5-13(6-8-14)19(20,21)22/h5-12H,3-4H2,1-2H3,(H,23,26)(H,24,27). The predicted molar refractivity (Wildman–Crippen MR) is 98.7 cm³/mol. The molecule has 0 unspecified atom stereocenters. The van der Waals surface area contributed by atoms with Crippen molar-refractivity contribution in [3.8, 4) is 0 Å². The predicted octanol–water partition coefficient (Wildman–Crippen LogP) is 4.13. The van der Waals surface area contributed by atoms with Gasteiger partial charge in [0.05, 0.1) is 5.56 Å². The van der Waals surface area contributed by atoms with Crippen LogP contribution in [0.25, 0.3) is 0 Å². The van der Waals surface area contributed by atoms with Crippen molar-refractivity contribution in [1.82, 2.24) is 0 Å². The fourth-order valence-corrected chi connectivity index (χ4v) is 2.46. The lowest BCUT2D eigenvalue weighted by atomic mass is 10.2.